The summed E-state index contributed by atoms with van der Waals surface area (Å²) in [4.78, 5) is 4.83. The fourth-order valence-electron chi connectivity index (χ4n) is 0.546. The molecule has 0 fully saturated rings. The van der Waals surface area contributed by atoms with Gasteiger partial charge in [-0.3, -0.25) is 4.84 Å². The average Bonchev–Trinajstić information content (AvgIpc) is 2.03. The Bertz CT molecular complexity index is 254. The van der Waals surface area contributed by atoms with E-state index in [1.807, 2.05) is 0 Å². The van der Waals surface area contributed by atoms with Crippen molar-refractivity contribution in [1.82, 2.24) is 0 Å². The summed E-state index contributed by atoms with van der Waals surface area (Å²) in [6.07, 6.45) is 3.49. The lowest BCUT2D eigenvalue weighted by Crippen LogP contribution is -2.68. The van der Waals surface area contributed by atoms with Gasteiger partial charge in [0.1, 0.15) is 7.11 Å². The van der Waals surface area contributed by atoms with Crippen LogP contribution in [0.2, 0.25) is 0 Å². The van der Waals surface area contributed by atoms with Gasteiger partial charge in [0, 0.05) is 22.6 Å². The van der Waals surface area contributed by atoms with Crippen molar-refractivity contribution in [2.45, 2.75) is 0 Å². The highest BCUT2D eigenvalue weighted by Crippen LogP contribution is 1.91. The molecule has 0 aliphatic rings. The molecule has 0 radical (unpaired) electrons. The lowest BCUT2D eigenvalue weighted by molar-refractivity contribution is -2.00. The molecular weight excluding hydrogens is 216 g/mol. The first-order chi connectivity index (χ1) is 6.33. The molecule has 0 bridgehead atoms. The van der Waals surface area contributed by atoms with Gasteiger partial charge in [-0.15, -0.1) is 10.2 Å². The van der Waals surface area contributed by atoms with Gasteiger partial charge < -0.3 is 5.73 Å². The second-order valence-corrected chi connectivity index (χ2v) is 2.81. The lowest BCUT2D eigenvalue weighted by Gasteiger charge is -2.17. The predicted octanol–water partition coefficient (Wildman–Crippen LogP) is -5.14. The summed E-state index contributed by atoms with van der Waals surface area (Å²) in [7, 11) is -3.35. The van der Waals surface area contributed by atoms with Crippen LogP contribution in [-0.2, 0) is 0 Å². The van der Waals surface area contributed by atoms with Crippen LogP contribution < -0.4 is 33.9 Å². The Kier molecular flexibility index (Phi) is 5.13. The zero-order chi connectivity index (χ0) is 11.2. The van der Waals surface area contributed by atoms with Gasteiger partial charge in [0.25, 0.3) is 0 Å². The number of pyridine rings is 1. The second kappa shape index (κ2) is 5.58. The van der Waals surface area contributed by atoms with E-state index in [1.165, 1.54) is 0 Å². The third kappa shape index (κ3) is 8.97. The second-order valence-electron chi connectivity index (χ2n) is 2.05. The Morgan fingerprint density at radius 2 is 1.57 bits per heavy atom. The molecule has 0 aromatic carbocycles. The van der Waals surface area contributed by atoms with E-state index in [2.05, 4.69) is 0 Å². The van der Waals surface area contributed by atoms with Crippen molar-refractivity contribution in [1.29, 1.82) is 0 Å². The summed E-state index contributed by atoms with van der Waals surface area (Å²) in [5.74, 6) is 0. The van der Waals surface area contributed by atoms with Crippen LogP contribution in [0.15, 0.2) is 24.5 Å². The van der Waals surface area contributed by atoms with Crippen LogP contribution in [0.25, 0.3) is 0 Å². The maximum atomic E-state index is 8.49. The molecule has 0 saturated carbocycles. The maximum absolute atomic E-state index is 8.49. The molecule has 2 N–H and O–H groups in total. The molecule has 0 aliphatic heterocycles. The Morgan fingerprint density at radius 1 is 1.21 bits per heavy atom. The smallest absolute Gasteiger partial charge is 0.224 e. The molecule has 0 spiro atoms. The highest BCUT2D eigenvalue weighted by molar-refractivity contribution is 5.32. The van der Waals surface area contributed by atoms with Crippen molar-refractivity contribution in [3.8, 4) is 0 Å². The van der Waals surface area contributed by atoms with Crippen LogP contribution in [0.4, 0.5) is 5.69 Å². The van der Waals surface area contributed by atoms with Gasteiger partial charge >= 0.3 is 0 Å². The third-order valence-electron chi connectivity index (χ3n) is 1.04. The van der Waals surface area contributed by atoms with E-state index < -0.39 is 10.2 Å². The number of hydrogen-bond acceptors (Lipinski definition) is 6. The van der Waals surface area contributed by atoms with Crippen molar-refractivity contribution in [3.05, 3.63) is 24.5 Å². The molecule has 0 amide bonds. The SMILES string of the molecule is CO[n+]1ccc(N)cc1.[O-][Cl+3]([O-])([O-])[O-]. The van der Waals surface area contributed by atoms with Crippen LogP contribution in [0.1, 0.15) is 0 Å². The highest BCUT2D eigenvalue weighted by atomic mass is 35.7. The maximum Gasteiger partial charge on any atom is 0.224 e. The van der Waals surface area contributed by atoms with E-state index in [-0.39, 0.29) is 0 Å². The molecule has 1 aromatic rings. The lowest BCUT2D eigenvalue weighted by atomic mass is 10.4. The van der Waals surface area contributed by atoms with Gasteiger partial charge in [-0.05, 0) is 0 Å². The molecule has 1 rings (SSSR count). The minimum absolute atomic E-state index is 0.739. The molecule has 0 atom stereocenters. The molecule has 1 aromatic heterocycles. The summed E-state index contributed by atoms with van der Waals surface area (Å²) in [5, 5.41) is 0. The number of nitrogens with zero attached hydrogens (tertiary/aromatic N) is 1. The molecule has 0 unspecified atom stereocenters. The zero-order valence-corrected chi connectivity index (χ0v) is 8.01. The largest absolute Gasteiger partial charge is 0.398 e. The first-order valence-corrected chi connectivity index (χ1v) is 4.49. The Morgan fingerprint density at radius 3 is 1.86 bits per heavy atom. The number of nitrogen functional groups attached to an aromatic ring is 1. The van der Waals surface area contributed by atoms with Crippen molar-refractivity contribution >= 4 is 5.69 Å². The van der Waals surface area contributed by atoms with Crippen LogP contribution >= 0.6 is 0 Å². The Labute approximate surface area is 82.3 Å². The number of aromatic nitrogens is 1. The van der Waals surface area contributed by atoms with Crippen molar-refractivity contribution in [3.63, 3.8) is 0 Å². The fraction of sp³-hybridized carbons (Fsp3) is 0.167. The molecule has 7 nitrogen and oxygen atoms in total. The quantitative estimate of drug-likeness (QED) is 0.475. The molecular formula is C6H9ClN2O5. The molecule has 0 aliphatic carbocycles. The van der Waals surface area contributed by atoms with E-state index >= 15 is 0 Å². The third-order valence-corrected chi connectivity index (χ3v) is 1.04. The van der Waals surface area contributed by atoms with E-state index in [0.29, 0.717) is 0 Å². The first-order valence-electron chi connectivity index (χ1n) is 3.26. The molecule has 0 saturated heterocycles. The Balaban J connectivity index is 0.000000292. The van der Waals surface area contributed by atoms with Crippen LogP contribution in [0, 0.1) is 10.2 Å². The monoisotopic (exact) mass is 224 g/mol. The van der Waals surface area contributed by atoms with Gasteiger partial charge in [-0.2, -0.15) is 0 Å². The minimum atomic E-state index is -4.94. The van der Waals surface area contributed by atoms with Gasteiger partial charge in [0.2, 0.25) is 12.4 Å². The molecule has 1 heterocycles. The normalized spacial score (nSPS) is 10.1. The number of hydrogen-bond donors (Lipinski definition) is 1. The van der Waals surface area contributed by atoms with Gasteiger partial charge in [-0.1, -0.05) is 0 Å². The van der Waals surface area contributed by atoms with Gasteiger partial charge in [0.05, 0.1) is 0 Å². The van der Waals surface area contributed by atoms with E-state index in [0.717, 1.165) is 5.69 Å². The van der Waals surface area contributed by atoms with Crippen molar-refractivity contribution < 1.29 is 38.4 Å². The molecule has 8 heteroatoms. The number of nitrogens with two attached hydrogens (primary N) is 1. The zero-order valence-electron chi connectivity index (χ0n) is 7.25. The van der Waals surface area contributed by atoms with E-state index in [9.17, 15) is 0 Å². The highest BCUT2D eigenvalue weighted by Gasteiger charge is 1.93. The molecule has 80 valence electrons. The standard InChI is InChI=1S/C6H8N2O.ClHO4/c1-9-8-4-2-6(7)3-5-8;2-1(3,4)5/h2-5,7H,1H3;(H,2,3,4,5). The average molecular weight is 225 g/mol. The first kappa shape index (κ1) is 12.9. The summed E-state index contributed by atoms with van der Waals surface area (Å²) in [6, 6.07) is 3.53. The van der Waals surface area contributed by atoms with Crippen LogP contribution in [0.3, 0.4) is 0 Å². The summed E-state index contributed by atoms with van der Waals surface area (Å²) in [5.41, 5.74) is 6.15. The predicted molar refractivity (Wildman–Crippen MR) is 33.6 cm³/mol. The Hall–Kier alpha value is -1.12. The number of anilines is 1. The topological polar surface area (TPSA) is 131 Å². The minimum Gasteiger partial charge on any atom is -0.398 e. The summed E-state index contributed by atoms with van der Waals surface area (Å²) < 4.78 is 35.5. The van der Waals surface area contributed by atoms with E-state index in [4.69, 9.17) is 29.2 Å². The number of halogens is 1. The van der Waals surface area contributed by atoms with Gasteiger partial charge in [-0.25, -0.2) is 18.6 Å². The van der Waals surface area contributed by atoms with Crippen LogP contribution in [0.5, 0.6) is 0 Å². The fourth-order valence-corrected chi connectivity index (χ4v) is 0.546. The summed E-state index contributed by atoms with van der Waals surface area (Å²) in [6.45, 7) is 0. The van der Waals surface area contributed by atoms with Gasteiger partial charge in [0.15, 0.2) is 0 Å². The molecule has 14 heavy (non-hydrogen) atoms. The van der Waals surface area contributed by atoms with Crippen molar-refractivity contribution in [2.24, 2.45) is 0 Å². The summed E-state index contributed by atoms with van der Waals surface area (Å²) >= 11 is 0. The van der Waals surface area contributed by atoms with E-state index in [1.54, 1.807) is 36.4 Å². The van der Waals surface area contributed by atoms with Crippen LogP contribution in [-0.4, -0.2) is 7.11 Å². The van der Waals surface area contributed by atoms with Crippen molar-refractivity contribution in [2.75, 3.05) is 12.8 Å². The number of rotatable bonds is 1.